The molecule has 19 heavy (non-hydrogen) atoms. The third-order valence-electron chi connectivity index (χ3n) is 3.93. The Morgan fingerprint density at radius 3 is 2.89 bits per heavy atom. The molecule has 1 unspecified atom stereocenters. The average molecular weight is 260 g/mol. The lowest BCUT2D eigenvalue weighted by molar-refractivity contribution is -0.126. The van der Waals surface area contributed by atoms with E-state index in [4.69, 9.17) is 0 Å². The number of piperidine rings is 1. The molecular weight excluding hydrogens is 236 g/mol. The van der Waals surface area contributed by atoms with Crippen molar-refractivity contribution in [2.75, 3.05) is 13.1 Å². The summed E-state index contributed by atoms with van der Waals surface area (Å²) in [5, 5.41) is 6.44. The number of nitrogens with one attached hydrogen (secondary N) is 2. The monoisotopic (exact) mass is 260 g/mol. The van der Waals surface area contributed by atoms with Crippen LogP contribution in [0, 0.1) is 19.8 Å². The minimum atomic E-state index is 0.0781. The number of amides is 1. The predicted octanol–water partition coefficient (Wildman–Crippen LogP) is 2.48. The molecule has 1 aromatic carbocycles. The lowest BCUT2D eigenvalue weighted by Gasteiger charge is -2.25. The smallest absolute Gasteiger partial charge is 0.224 e. The second-order valence-corrected chi connectivity index (χ2v) is 5.63. The molecule has 3 nitrogen and oxygen atoms in total. The molecule has 1 saturated heterocycles. The molecule has 2 N–H and O–H groups in total. The molecule has 0 aromatic heterocycles. The van der Waals surface area contributed by atoms with Crippen molar-refractivity contribution in [3.05, 3.63) is 34.9 Å². The van der Waals surface area contributed by atoms with Crippen molar-refractivity contribution in [2.45, 2.75) is 39.7 Å². The summed E-state index contributed by atoms with van der Waals surface area (Å²) in [5.41, 5.74) is 3.69. The Hall–Kier alpha value is -1.35. The van der Waals surface area contributed by atoms with Gasteiger partial charge < -0.3 is 10.6 Å². The summed E-state index contributed by atoms with van der Waals surface area (Å²) in [6.07, 6.45) is 2.09. The Bertz CT molecular complexity index is 450. The van der Waals surface area contributed by atoms with Crippen LogP contribution in [0.3, 0.4) is 0 Å². The summed E-state index contributed by atoms with van der Waals surface area (Å²) in [5.74, 6) is 0.307. The van der Waals surface area contributed by atoms with E-state index in [0.29, 0.717) is 0 Å². The van der Waals surface area contributed by atoms with E-state index in [1.54, 1.807) is 0 Å². The summed E-state index contributed by atoms with van der Waals surface area (Å²) in [6.45, 7) is 8.10. The summed E-state index contributed by atoms with van der Waals surface area (Å²) < 4.78 is 0. The van der Waals surface area contributed by atoms with E-state index in [9.17, 15) is 4.79 Å². The number of aryl methyl sites for hydroxylation is 2. The first kappa shape index (κ1) is 14.1. The molecule has 104 valence electrons. The second-order valence-electron chi connectivity index (χ2n) is 5.63. The fourth-order valence-corrected chi connectivity index (χ4v) is 2.71. The van der Waals surface area contributed by atoms with E-state index >= 15 is 0 Å². The second kappa shape index (κ2) is 6.20. The normalized spacial score (nSPS) is 20.9. The summed E-state index contributed by atoms with van der Waals surface area (Å²) in [6, 6.07) is 6.47. The molecule has 2 rings (SSSR count). The van der Waals surface area contributed by atoms with Crippen molar-refractivity contribution in [1.82, 2.24) is 10.6 Å². The van der Waals surface area contributed by atoms with Gasteiger partial charge in [-0.1, -0.05) is 23.8 Å². The van der Waals surface area contributed by atoms with Gasteiger partial charge in [-0.3, -0.25) is 4.79 Å². The number of carbonyl (C=O) groups is 1. The van der Waals surface area contributed by atoms with Crippen molar-refractivity contribution in [3.63, 3.8) is 0 Å². The van der Waals surface area contributed by atoms with E-state index in [0.717, 1.165) is 25.9 Å². The summed E-state index contributed by atoms with van der Waals surface area (Å²) in [7, 11) is 0. The molecular formula is C16H24N2O. The standard InChI is InChI=1S/C16H24N2O/c1-11-6-7-12(2)15(9-11)13(3)18-16(19)14-5-4-8-17-10-14/h6-7,9,13-14,17H,4-5,8,10H2,1-3H3,(H,18,19)/t13?,14-/m0/s1. The minimum absolute atomic E-state index is 0.0781. The number of rotatable bonds is 3. The third-order valence-corrected chi connectivity index (χ3v) is 3.93. The highest BCUT2D eigenvalue weighted by Crippen LogP contribution is 2.20. The van der Waals surface area contributed by atoms with Gasteiger partial charge in [-0.2, -0.15) is 0 Å². The maximum Gasteiger partial charge on any atom is 0.224 e. The third kappa shape index (κ3) is 3.57. The van der Waals surface area contributed by atoms with E-state index < -0.39 is 0 Å². The highest BCUT2D eigenvalue weighted by Gasteiger charge is 2.22. The van der Waals surface area contributed by atoms with Gasteiger partial charge in [0.1, 0.15) is 0 Å². The molecule has 0 bridgehead atoms. The van der Waals surface area contributed by atoms with E-state index in [1.165, 1.54) is 16.7 Å². The van der Waals surface area contributed by atoms with Crippen LogP contribution < -0.4 is 10.6 Å². The van der Waals surface area contributed by atoms with Crippen molar-refractivity contribution in [3.8, 4) is 0 Å². The average Bonchev–Trinajstić information content (AvgIpc) is 2.42. The van der Waals surface area contributed by atoms with Gasteiger partial charge >= 0.3 is 0 Å². The largest absolute Gasteiger partial charge is 0.349 e. The van der Waals surface area contributed by atoms with Gasteiger partial charge in [0.25, 0.3) is 0 Å². The molecule has 1 amide bonds. The molecule has 0 radical (unpaired) electrons. The van der Waals surface area contributed by atoms with Crippen LogP contribution in [0.5, 0.6) is 0 Å². The SMILES string of the molecule is Cc1ccc(C)c(C(C)NC(=O)[C@H]2CCCNC2)c1. The van der Waals surface area contributed by atoms with Crippen LogP contribution in [0.2, 0.25) is 0 Å². The zero-order valence-electron chi connectivity index (χ0n) is 12.1. The van der Waals surface area contributed by atoms with Crippen LogP contribution in [0.4, 0.5) is 0 Å². The maximum atomic E-state index is 12.2. The summed E-state index contributed by atoms with van der Waals surface area (Å²) in [4.78, 5) is 12.2. The lowest BCUT2D eigenvalue weighted by atomic mass is 9.96. The minimum Gasteiger partial charge on any atom is -0.349 e. The number of carbonyl (C=O) groups excluding carboxylic acids is 1. The van der Waals surface area contributed by atoms with Crippen LogP contribution in [-0.4, -0.2) is 19.0 Å². The van der Waals surface area contributed by atoms with Crippen LogP contribution >= 0.6 is 0 Å². The first-order chi connectivity index (χ1) is 9.08. The first-order valence-corrected chi connectivity index (χ1v) is 7.16. The Morgan fingerprint density at radius 2 is 2.21 bits per heavy atom. The molecule has 1 fully saturated rings. The number of hydrogen-bond acceptors (Lipinski definition) is 2. The van der Waals surface area contributed by atoms with E-state index in [1.807, 2.05) is 0 Å². The molecule has 1 aliphatic heterocycles. The Labute approximate surface area is 115 Å². The molecule has 3 heteroatoms. The van der Waals surface area contributed by atoms with Crippen molar-refractivity contribution >= 4 is 5.91 Å². The van der Waals surface area contributed by atoms with Crippen LogP contribution in [-0.2, 0) is 4.79 Å². The van der Waals surface area contributed by atoms with Gasteiger partial charge in [-0.25, -0.2) is 0 Å². The molecule has 1 aromatic rings. The van der Waals surface area contributed by atoms with Crippen LogP contribution in [0.25, 0.3) is 0 Å². The highest BCUT2D eigenvalue weighted by atomic mass is 16.1. The molecule has 0 spiro atoms. The van der Waals surface area contributed by atoms with E-state index in [2.05, 4.69) is 49.6 Å². The predicted molar refractivity (Wildman–Crippen MR) is 78.1 cm³/mol. The Kier molecular flexibility index (Phi) is 4.59. The van der Waals surface area contributed by atoms with Gasteiger partial charge in [0.2, 0.25) is 5.91 Å². The summed E-state index contributed by atoms with van der Waals surface area (Å²) >= 11 is 0. The number of hydrogen-bond donors (Lipinski definition) is 2. The molecule has 1 heterocycles. The van der Waals surface area contributed by atoms with Gasteiger partial charge in [0.15, 0.2) is 0 Å². The van der Waals surface area contributed by atoms with Gasteiger partial charge in [0.05, 0.1) is 12.0 Å². The lowest BCUT2D eigenvalue weighted by Crippen LogP contribution is -2.41. The molecule has 1 aliphatic rings. The zero-order valence-corrected chi connectivity index (χ0v) is 12.1. The van der Waals surface area contributed by atoms with Gasteiger partial charge in [-0.05, 0) is 51.3 Å². The van der Waals surface area contributed by atoms with Crippen molar-refractivity contribution in [1.29, 1.82) is 0 Å². The quantitative estimate of drug-likeness (QED) is 0.876. The van der Waals surface area contributed by atoms with Crippen molar-refractivity contribution < 1.29 is 4.79 Å². The van der Waals surface area contributed by atoms with Crippen LogP contribution in [0.15, 0.2) is 18.2 Å². The molecule has 0 aliphatic carbocycles. The first-order valence-electron chi connectivity index (χ1n) is 7.16. The van der Waals surface area contributed by atoms with E-state index in [-0.39, 0.29) is 17.9 Å². The van der Waals surface area contributed by atoms with Crippen LogP contribution in [0.1, 0.15) is 42.5 Å². The maximum absolute atomic E-state index is 12.2. The van der Waals surface area contributed by atoms with Gasteiger partial charge in [0, 0.05) is 6.54 Å². The zero-order chi connectivity index (χ0) is 13.8. The number of benzene rings is 1. The Balaban J connectivity index is 2.01. The highest BCUT2D eigenvalue weighted by molar-refractivity contribution is 5.79. The molecule has 0 saturated carbocycles. The van der Waals surface area contributed by atoms with Gasteiger partial charge in [-0.15, -0.1) is 0 Å². The Morgan fingerprint density at radius 1 is 1.42 bits per heavy atom. The fourth-order valence-electron chi connectivity index (χ4n) is 2.71. The topological polar surface area (TPSA) is 41.1 Å². The molecule has 2 atom stereocenters. The fraction of sp³-hybridized carbons (Fsp3) is 0.562. The van der Waals surface area contributed by atoms with Crippen molar-refractivity contribution in [2.24, 2.45) is 5.92 Å².